The van der Waals surface area contributed by atoms with Crippen molar-refractivity contribution in [2.24, 2.45) is 0 Å². The second-order valence-corrected chi connectivity index (χ2v) is 8.45. The standard InChI is InChI=1S/C25H26N8/c1-2-4-19(3-1)24-22(18-7-9-26-10-8-18)15-21-17-29-25(31-33(21)24)30-23-6-5-20(16-28-23)32-13-11-27-12-14-32/h3,5-10,15-17,27H,1-2,4,11-14H2,(H,28,30,31). The lowest BCUT2D eigenvalue weighted by Gasteiger charge is -2.29. The Labute approximate surface area is 192 Å². The summed E-state index contributed by atoms with van der Waals surface area (Å²) in [6.45, 7) is 4.01. The first kappa shape index (κ1) is 19.9. The Bertz CT molecular complexity index is 1290. The van der Waals surface area contributed by atoms with E-state index in [4.69, 9.17) is 5.10 Å². The van der Waals surface area contributed by atoms with E-state index in [2.05, 4.69) is 48.7 Å². The van der Waals surface area contributed by atoms with Gasteiger partial charge in [0.25, 0.3) is 0 Å². The summed E-state index contributed by atoms with van der Waals surface area (Å²) in [5.74, 6) is 1.26. The van der Waals surface area contributed by atoms with E-state index in [-0.39, 0.29) is 0 Å². The lowest BCUT2D eigenvalue weighted by Crippen LogP contribution is -2.43. The maximum atomic E-state index is 4.85. The summed E-state index contributed by atoms with van der Waals surface area (Å²) in [6.07, 6.45) is 13.1. The van der Waals surface area contributed by atoms with Crippen LogP contribution >= 0.6 is 0 Å². The quantitative estimate of drug-likeness (QED) is 0.489. The second kappa shape index (κ2) is 8.63. The summed E-state index contributed by atoms with van der Waals surface area (Å²) < 4.78 is 2.01. The Morgan fingerprint density at radius 3 is 2.61 bits per heavy atom. The molecule has 0 amide bonds. The van der Waals surface area contributed by atoms with E-state index in [0.29, 0.717) is 5.95 Å². The van der Waals surface area contributed by atoms with E-state index in [1.807, 2.05) is 47.5 Å². The molecule has 0 aromatic carbocycles. The van der Waals surface area contributed by atoms with Gasteiger partial charge in [-0.2, -0.15) is 0 Å². The van der Waals surface area contributed by atoms with Gasteiger partial charge < -0.3 is 15.5 Å². The Balaban J connectivity index is 1.33. The third-order valence-electron chi connectivity index (χ3n) is 6.32. The summed E-state index contributed by atoms with van der Waals surface area (Å²) in [5.41, 5.74) is 6.89. The number of pyridine rings is 2. The molecule has 0 unspecified atom stereocenters. The Kier molecular flexibility index (Phi) is 5.20. The van der Waals surface area contributed by atoms with Crippen LogP contribution in [0.5, 0.6) is 0 Å². The first-order chi connectivity index (χ1) is 16.3. The summed E-state index contributed by atoms with van der Waals surface area (Å²) >= 11 is 0. The highest BCUT2D eigenvalue weighted by Gasteiger charge is 2.20. The largest absolute Gasteiger partial charge is 0.368 e. The van der Waals surface area contributed by atoms with Crippen LogP contribution in [-0.2, 0) is 0 Å². The van der Waals surface area contributed by atoms with Crippen molar-refractivity contribution < 1.29 is 0 Å². The third-order valence-corrected chi connectivity index (χ3v) is 6.32. The van der Waals surface area contributed by atoms with Crippen molar-refractivity contribution in [2.75, 3.05) is 36.4 Å². The molecule has 0 spiro atoms. The highest BCUT2D eigenvalue weighted by Crippen LogP contribution is 2.36. The molecule has 5 heterocycles. The van der Waals surface area contributed by atoms with Crippen molar-refractivity contribution in [3.8, 4) is 11.1 Å². The maximum Gasteiger partial charge on any atom is 0.246 e. The topological polar surface area (TPSA) is 83.3 Å². The molecule has 166 valence electrons. The van der Waals surface area contributed by atoms with Crippen molar-refractivity contribution in [2.45, 2.75) is 19.3 Å². The van der Waals surface area contributed by atoms with Gasteiger partial charge in [-0.1, -0.05) is 6.08 Å². The van der Waals surface area contributed by atoms with Crippen LogP contribution in [-0.4, -0.2) is 50.7 Å². The van der Waals surface area contributed by atoms with Crippen LogP contribution in [0.4, 0.5) is 17.5 Å². The van der Waals surface area contributed by atoms with Crippen LogP contribution in [0.2, 0.25) is 0 Å². The molecule has 8 heteroatoms. The first-order valence-electron chi connectivity index (χ1n) is 11.5. The number of rotatable bonds is 5. The number of aromatic nitrogens is 5. The van der Waals surface area contributed by atoms with E-state index in [1.54, 1.807) is 0 Å². The average Bonchev–Trinajstić information content (AvgIpc) is 3.53. The highest BCUT2D eigenvalue weighted by atomic mass is 15.3. The first-order valence-corrected chi connectivity index (χ1v) is 11.5. The van der Waals surface area contributed by atoms with Gasteiger partial charge in [0.2, 0.25) is 5.95 Å². The highest BCUT2D eigenvalue weighted by molar-refractivity contribution is 5.84. The van der Waals surface area contributed by atoms with E-state index in [1.165, 1.54) is 12.0 Å². The fourth-order valence-electron chi connectivity index (χ4n) is 4.66. The molecule has 4 aromatic heterocycles. The van der Waals surface area contributed by atoms with Crippen molar-refractivity contribution in [3.05, 3.63) is 66.9 Å². The molecule has 4 aromatic rings. The SMILES string of the molecule is C1=C(c2c(-c3ccncc3)cc3cnc(Nc4ccc(N5CCNCC5)cn4)nn23)CCC1. The van der Waals surface area contributed by atoms with Gasteiger partial charge in [-0.15, -0.1) is 5.10 Å². The van der Waals surface area contributed by atoms with Crippen LogP contribution in [0.15, 0.2) is 61.2 Å². The number of anilines is 3. The van der Waals surface area contributed by atoms with Crippen LogP contribution in [0.3, 0.4) is 0 Å². The number of fused-ring (bicyclic) bond motifs is 1. The normalized spacial score (nSPS) is 16.2. The predicted octanol–water partition coefficient (Wildman–Crippen LogP) is 3.91. The van der Waals surface area contributed by atoms with Crippen molar-refractivity contribution in [1.29, 1.82) is 0 Å². The fraction of sp³-hybridized carbons (Fsp3) is 0.280. The van der Waals surface area contributed by atoms with E-state index in [0.717, 1.165) is 72.9 Å². The molecule has 2 N–H and O–H groups in total. The number of nitrogens with one attached hydrogen (secondary N) is 2. The molecule has 1 aliphatic heterocycles. The number of piperazine rings is 1. The monoisotopic (exact) mass is 438 g/mol. The van der Waals surface area contributed by atoms with Gasteiger partial charge in [-0.25, -0.2) is 14.5 Å². The maximum absolute atomic E-state index is 4.85. The van der Waals surface area contributed by atoms with Crippen LogP contribution in [0.1, 0.15) is 25.0 Å². The van der Waals surface area contributed by atoms with E-state index >= 15 is 0 Å². The molecule has 2 aliphatic rings. The number of hydrogen-bond acceptors (Lipinski definition) is 7. The zero-order valence-corrected chi connectivity index (χ0v) is 18.4. The summed E-state index contributed by atoms with van der Waals surface area (Å²) in [5, 5.41) is 11.5. The van der Waals surface area contributed by atoms with Crippen LogP contribution in [0, 0.1) is 0 Å². The van der Waals surface area contributed by atoms with Crippen molar-refractivity contribution >= 4 is 28.5 Å². The Morgan fingerprint density at radius 2 is 1.85 bits per heavy atom. The molecule has 1 saturated heterocycles. The molecular weight excluding hydrogens is 412 g/mol. The lowest BCUT2D eigenvalue weighted by molar-refractivity contribution is 0.589. The molecule has 1 fully saturated rings. The van der Waals surface area contributed by atoms with Gasteiger partial charge in [-0.05, 0) is 60.7 Å². The molecule has 33 heavy (non-hydrogen) atoms. The molecule has 0 saturated carbocycles. The lowest BCUT2D eigenvalue weighted by atomic mass is 10.0. The molecule has 0 radical (unpaired) electrons. The predicted molar refractivity (Wildman–Crippen MR) is 131 cm³/mol. The minimum atomic E-state index is 0.529. The molecule has 8 nitrogen and oxygen atoms in total. The van der Waals surface area contributed by atoms with Crippen molar-refractivity contribution in [1.82, 2.24) is 29.9 Å². The molecular formula is C25H26N8. The van der Waals surface area contributed by atoms with Gasteiger partial charge in [0.05, 0.1) is 29.3 Å². The Hall–Kier alpha value is -3.78. The molecule has 0 bridgehead atoms. The number of nitrogens with zero attached hydrogens (tertiary/aromatic N) is 6. The smallest absolute Gasteiger partial charge is 0.246 e. The zero-order chi connectivity index (χ0) is 22.0. The molecule has 1 aliphatic carbocycles. The number of hydrogen-bond donors (Lipinski definition) is 2. The second-order valence-electron chi connectivity index (χ2n) is 8.45. The minimum Gasteiger partial charge on any atom is -0.368 e. The minimum absolute atomic E-state index is 0.529. The number of allylic oxidation sites excluding steroid dienone is 2. The van der Waals surface area contributed by atoms with Gasteiger partial charge in [0.15, 0.2) is 0 Å². The Morgan fingerprint density at radius 1 is 0.970 bits per heavy atom. The van der Waals surface area contributed by atoms with Gasteiger partial charge in [0.1, 0.15) is 5.82 Å². The molecule has 6 rings (SSSR count). The van der Waals surface area contributed by atoms with Crippen molar-refractivity contribution in [3.63, 3.8) is 0 Å². The van der Waals surface area contributed by atoms with E-state index < -0.39 is 0 Å². The van der Waals surface area contributed by atoms with Gasteiger partial charge in [-0.3, -0.25) is 4.98 Å². The van der Waals surface area contributed by atoms with Gasteiger partial charge >= 0.3 is 0 Å². The average molecular weight is 439 g/mol. The summed E-state index contributed by atoms with van der Waals surface area (Å²) in [6, 6.07) is 10.3. The third kappa shape index (κ3) is 3.93. The fourth-order valence-corrected chi connectivity index (χ4v) is 4.66. The zero-order valence-electron chi connectivity index (χ0n) is 18.4. The van der Waals surface area contributed by atoms with E-state index in [9.17, 15) is 0 Å². The summed E-state index contributed by atoms with van der Waals surface area (Å²) in [4.78, 5) is 15.7. The summed E-state index contributed by atoms with van der Waals surface area (Å²) in [7, 11) is 0. The molecule has 0 atom stereocenters. The van der Waals surface area contributed by atoms with Crippen LogP contribution in [0.25, 0.3) is 22.2 Å². The van der Waals surface area contributed by atoms with Gasteiger partial charge in [0, 0.05) is 44.1 Å². The van der Waals surface area contributed by atoms with Crippen LogP contribution < -0.4 is 15.5 Å².